The van der Waals surface area contributed by atoms with E-state index >= 15 is 0 Å². The minimum Gasteiger partial charge on any atom is -0.316 e. The monoisotopic (exact) mass is 229 g/mol. The van der Waals surface area contributed by atoms with Crippen LogP contribution in [0.25, 0.3) is 0 Å². The molecular weight excluding hydrogens is 206 g/mol. The molecule has 0 amide bonds. The molecule has 0 bridgehead atoms. The van der Waals surface area contributed by atoms with E-state index in [1.165, 1.54) is 37.8 Å². The highest BCUT2D eigenvalue weighted by atomic mass is 14.9. The zero-order valence-electron chi connectivity index (χ0n) is 10.8. The van der Waals surface area contributed by atoms with Gasteiger partial charge in [-0.1, -0.05) is 37.6 Å². The Labute approximate surface area is 105 Å². The van der Waals surface area contributed by atoms with Gasteiger partial charge in [-0.15, -0.1) is 0 Å². The molecule has 0 aromatic heterocycles. The standard InChI is InChI=1S/C16H23N/c1-12-9-10-17-11-16(12)15-7-5-14(6-8-15)13-3-2-4-13/h5-8,12-13,16-17H,2-4,9-11H2,1H3. The third kappa shape index (κ3) is 2.26. The third-order valence-corrected chi connectivity index (χ3v) is 4.77. The Hall–Kier alpha value is -0.820. The minimum absolute atomic E-state index is 0.721. The predicted molar refractivity (Wildman–Crippen MR) is 72.4 cm³/mol. The summed E-state index contributed by atoms with van der Waals surface area (Å²) in [5.74, 6) is 2.41. The van der Waals surface area contributed by atoms with Crippen molar-refractivity contribution < 1.29 is 0 Å². The number of hydrogen-bond donors (Lipinski definition) is 1. The number of hydrogen-bond acceptors (Lipinski definition) is 1. The van der Waals surface area contributed by atoms with E-state index in [2.05, 4.69) is 36.5 Å². The summed E-state index contributed by atoms with van der Waals surface area (Å²) in [6.45, 7) is 4.74. The van der Waals surface area contributed by atoms with Gasteiger partial charge in [0, 0.05) is 6.54 Å². The van der Waals surface area contributed by atoms with E-state index in [1.807, 2.05) is 0 Å². The molecule has 1 aromatic carbocycles. The van der Waals surface area contributed by atoms with E-state index in [0.29, 0.717) is 0 Å². The lowest BCUT2D eigenvalue weighted by Gasteiger charge is -2.31. The molecule has 1 N–H and O–H groups in total. The second-order valence-corrected chi connectivity index (χ2v) is 5.87. The highest BCUT2D eigenvalue weighted by Crippen LogP contribution is 2.37. The van der Waals surface area contributed by atoms with Crippen LogP contribution in [0.5, 0.6) is 0 Å². The average molecular weight is 229 g/mol. The summed E-state index contributed by atoms with van der Waals surface area (Å²) in [7, 11) is 0. The number of rotatable bonds is 2. The van der Waals surface area contributed by atoms with Gasteiger partial charge in [0.1, 0.15) is 0 Å². The first-order valence-electron chi connectivity index (χ1n) is 7.15. The summed E-state index contributed by atoms with van der Waals surface area (Å²) in [6.07, 6.45) is 5.55. The molecule has 92 valence electrons. The Morgan fingerprint density at radius 1 is 1.00 bits per heavy atom. The normalized spacial score (nSPS) is 29.9. The van der Waals surface area contributed by atoms with E-state index in [9.17, 15) is 0 Å². The van der Waals surface area contributed by atoms with Crippen molar-refractivity contribution in [1.82, 2.24) is 5.32 Å². The van der Waals surface area contributed by atoms with Crippen molar-refractivity contribution in [3.63, 3.8) is 0 Å². The Balaban J connectivity index is 1.74. The molecule has 2 atom stereocenters. The summed E-state index contributed by atoms with van der Waals surface area (Å²) < 4.78 is 0. The van der Waals surface area contributed by atoms with Gasteiger partial charge in [-0.2, -0.15) is 0 Å². The summed E-state index contributed by atoms with van der Waals surface area (Å²) in [6, 6.07) is 9.50. The molecule has 1 heterocycles. The molecule has 1 saturated heterocycles. The highest BCUT2D eigenvalue weighted by Gasteiger charge is 2.23. The van der Waals surface area contributed by atoms with Crippen molar-refractivity contribution in [1.29, 1.82) is 0 Å². The molecule has 1 saturated carbocycles. The lowest BCUT2D eigenvalue weighted by atomic mass is 9.78. The largest absolute Gasteiger partial charge is 0.316 e. The maximum atomic E-state index is 3.52. The van der Waals surface area contributed by atoms with Gasteiger partial charge in [0.15, 0.2) is 0 Å². The molecule has 0 radical (unpaired) electrons. The van der Waals surface area contributed by atoms with Crippen LogP contribution in [0.3, 0.4) is 0 Å². The van der Waals surface area contributed by atoms with Crippen LogP contribution >= 0.6 is 0 Å². The summed E-state index contributed by atoms with van der Waals surface area (Å²) in [5.41, 5.74) is 3.10. The van der Waals surface area contributed by atoms with Gasteiger partial charge >= 0.3 is 0 Å². The number of benzene rings is 1. The van der Waals surface area contributed by atoms with Crippen molar-refractivity contribution in [2.45, 2.75) is 44.4 Å². The van der Waals surface area contributed by atoms with Gasteiger partial charge in [0.25, 0.3) is 0 Å². The molecule has 17 heavy (non-hydrogen) atoms. The molecule has 1 aliphatic heterocycles. The fourth-order valence-corrected chi connectivity index (χ4v) is 3.19. The zero-order valence-corrected chi connectivity index (χ0v) is 10.8. The first kappa shape index (κ1) is 11.3. The summed E-state index contributed by atoms with van der Waals surface area (Å²) in [5, 5.41) is 3.52. The first-order chi connectivity index (χ1) is 8.34. The van der Waals surface area contributed by atoms with Crippen LogP contribution < -0.4 is 5.32 Å². The SMILES string of the molecule is CC1CCNCC1c1ccc(C2CCC2)cc1. The molecule has 2 aliphatic rings. The van der Waals surface area contributed by atoms with Crippen molar-refractivity contribution in [2.24, 2.45) is 5.92 Å². The topological polar surface area (TPSA) is 12.0 Å². The van der Waals surface area contributed by atoms with Crippen LogP contribution in [0.15, 0.2) is 24.3 Å². The molecule has 1 aromatic rings. The van der Waals surface area contributed by atoms with Crippen LogP contribution in [0.1, 0.15) is 55.6 Å². The van der Waals surface area contributed by atoms with Gasteiger partial charge in [0.05, 0.1) is 0 Å². The van der Waals surface area contributed by atoms with Crippen LogP contribution in [-0.2, 0) is 0 Å². The maximum absolute atomic E-state index is 3.52. The van der Waals surface area contributed by atoms with E-state index in [0.717, 1.165) is 24.3 Å². The van der Waals surface area contributed by atoms with Crippen molar-refractivity contribution in [3.05, 3.63) is 35.4 Å². The third-order valence-electron chi connectivity index (χ3n) is 4.77. The lowest BCUT2D eigenvalue weighted by molar-refractivity contribution is 0.348. The minimum atomic E-state index is 0.721. The lowest BCUT2D eigenvalue weighted by Crippen LogP contribution is -2.33. The fraction of sp³-hybridized carbons (Fsp3) is 0.625. The van der Waals surface area contributed by atoms with E-state index in [4.69, 9.17) is 0 Å². The van der Waals surface area contributed by atoms with Gasteiger partial charge in [-0.25, -0.2) is 0 Å². The molecule has 2 unspecified atom stereocenters. The predicted octanol–water partition coefficient (Wildman–Crippen LogP) is 3.67. The molecule has 1 aliphatic carbocycles. The fourth-order valence-electron chi connectivity index (χ4n) is 3.19. The van der Waals surface area contributed by atoms with E-state index in [1.54, 1.807) is 5.56 Å². The number of piperidine rings is 1. The van der Waals surface area contributed by atoms with Crippen LogP contribution in [-0.4, -0.2) is 13.1 Å². The smallest absolute Gasteiger partial charge is 0.00227 e. The van der Waals surface area contributed by atoms with Crippen LogP contribution in [0, 0.1) is 5.92 Å². The average Bonchev–Trinajstić information content (AvgIpc) is 2.29. The van der Waals surface area contributed by atoms with Crippen LogP contribution in [0.2, 0.25) is 0 Å². The van der Waals surface area contributed by atoms with Gasteiger partial charge in [-0.3, -0.25) is 0 Å². The highest BCUT2D eigenvalue weighted by molar-refractivity contribution is 5.29. The van der Waals surface area contributed by atoms with Gasteiger partial charge in [-0.05, 0) is 54.7 Å². The maximum Gasteiger partial charge on any atom is 0.00227 e. The zero-order chi connectivity index (χ0) is 11.7. The molecule has 2 fully saturated rings. The number of nitrogens with one attached hydrogen (secondary N) is 1. The Morgan fingerprint density at radius 2 is 1.71 bits per heavy atom. The Bertz CT molecular complexity index is 364. The summed E-state index contributed by atoms with van der Waals surface area (Å²) >= 11 is 0. The second-order valence-electron chi connectivity index (χ2n) is 5.87. The van der Waals surface area contributed by atoms with E-state index < -0.39 is 0 Å². The van der Waals surface area contributed by atoms with Crippen molar-refractivity contribution in [3.8, 4) is 0 Å². The molecule has 1 heteroatoms. The first-order valence-corrected chi connectivity index (χ1v) is 7.15. The van der Waals surface area contributed by atoms with Gasteiger partial charge in [0.2, 0.25) is 0 Å². The molecule has 3 rings (SSSR count). The second kappa shape index (κ2) is 4.81. The Kier molecular flexibility index (Phi) is 3.19. The summed E-state index contributed by atoms with van der Waals surface area (Å²) in [4.78, 5) is 0. The Morgan fingerprint density at radius 3 is 2.29 bits per heavy atom. The quantitative estimate of drug-likeness (QED) is 0.816. The van der Waals surface area contributed by atoms with Crippen molar-refractivity contribution >= 4 is 0 Å². The van der Waals surface area contributed by atoms with E-state index in [-0.39, 0.29) is 0 Å². The van der Waals surface area contributed by atoms with Gasteiger partial charge < -0.3 is 5.32 Å². The molecular formula is C16H23N. The van der Waals surface area contributed by atoms with Crippen molar-refractivity contribution in [2.75, 3.05) is 13.1 Å². The molecule has 0 spiro atoms. The molecule has 1 nitrogen and oxygen atoms in total. The van der Waals surface area contributed by atoms with Crippen LogP contribution in [0.4, 0.5) is 0 Å².